The largest absolute Gasteiger partial charge is 0.378 e. The maximum atomic E-state index is 5.57. The molecule has 0 aromatic carbocycles. The van der Waals surface area contributed by atoms with Gasteiger partial charge in [0, 0.05) is 19.7 Å². The zero-order chi connectivity index (χ0) is 13.1. The van der Waals surface area contributed by atoms with Gasteiger partial charge in [0.15, 0.2) is 0 Å². The molecule has 19 heavy (non-hydrogen) atoms. The molecule has 3 rings (SSSR count). The van der Waals surface area contributed by atoms with Gasteiger partial charge in [-0.3, -0.25) is 0 Å². The van der Waals surface area contributed by atoms with E-state index in [2.05, 4.69) is 34.3 Å². The van der Waals surface area contributed by atoms with Crippen LogP contribution in [0.2, 0.25) is 0 Å². The molecule has 0 amide bonds. The third-order valence-corrected chi connectivity index (χ3v) is 4.16. The van der Waals surface area contributed by atoms with Crippen LogP contribution in [-0.2, 0) is 4.74 Å². The number of anilines is 2. The summed E-state index contributed by atoms with van der Waals surface area (Å²) in [6.07, 6.45) is 7.26. The summed E-state index contributed by atoms with van der Waals surface area (Å²) < 4.78 is 5.57. The molecule has 4 nitrogen and oxygen atoms in total. The maximum Gasteiger partial charge on any atom is 0.128 e. The number of hydrogen-bond acceptors (Lipinski definition) is 4. The maximum absolute atomic E-state index is 5.57. The first-order valence-corrected chi connectivity index (χ1v) is 7.42. The minimum absolute atomic E-state index is 0.293. The van der Waals surface area contributed by atoms with Crippen LogP contribution < -0.4 is 10.2 Å². The van der Waals surface area contributed by atoms with Crippen LogP contribution >= 0.6 is 0 Å². The van der Waals surface area contributed by atoms with E-state index < -0.39 is 0 Å². The minimum Gasteiger partial charge on any atom is -0.378 e. The Morgan fingerprint density at radius 3 is 2.74 bits per heavy atom. The second-order valence-corrected chi connectivity index (χ2v) is 5.57. The summed E-state index contributed by atoms with van der Waals surface area (Å²) in [5.74, 6) is 1.11. The first-order valence-electron chi connectivity index (χ1n) is 7.42. The molecule has 2 unspecified atom stereocenters. The number of aromatic nitrogens is 1. The van der Waals surface area contributed by atoms with E-state index in [1.807, 2.05) is 6.20 Å². The smallest absolute Gasteiger partial charge is 0.128 e. The van der Waals surface area contributed by atoms with Crippen molar-refractivity contribution in [2.75, 3.05) is 29.9 Å². The Bertz CT molecular complexity index is 400. The van der Waals surface area contributed by atoms with Crippen molar-refractivity contribution in [3.63, 3.8) is 0 Å². The molecule has 3 heterocycles. The molecule has 104 valence electrons. The van der Waals surface area contributed by atoms with Crippen LogP contribution in [-0.4, -0.2) is 36.8 Å². The molecule has 0 aliphatic carbocycles. The van der Waals surface area contributed by atoms with Crippen molar-refractivity contribution in [1.82, 2.24) is 4.98 Å². The van der Waals surface area contributed by atoms with Gasteiger partial charge >= 0.3 is 0 Å². The number of ether oxygens (including phenoxy) is 1. The number of piperidine rings is 1. The van der Waals surface area contributed by atoms with Crippen molar-refractivity contribution in [3.8, 4) is 0 Å². The Morgan fingerprint density at radius 2 is 2.11 bits per heavy atom. The summed E-state index contributed by atoms with van der Waals surface area (Å²) in [4.78, 5) is 6.98. The van der Waals surface area contributed by atoms with Crippen LogP contribution in [0.5, 0.6) is 0 Å². The van der Waals surface area contributed by atoms with Crippen molar-refractivity contribution >= 4 is 11.5 Å². The van der Waals surface area contributed by atoms with Crippen molar-refractivity contribution < 1.29 is 4.74 Å². The van der Waals surface area contributed by atoms with E-state index in [4.69, 9.17) is 4.74 Å². The Kier molecular flexibility index (Phi) is 3.87. The van der Waals surface area contributed by atoms with Crippen LogP contribution in [0.1, 0.15) is 32.6 Å². The van der Waals surface area contributed by atoms with Gasteiger partial charge in [-0.2, -0.15) is 0 Å². The molecule has 2 atom stereocenters. The van der Waals surface area contributed by atoms with Gasteiger partial charge in [0.25, 0.3) is 0 Å². The van der Waals surface area contributed by atoms with Crippen molar-refractivity contribution in [1.29, 1.82) is 0 Å². The highest BCUT2D eigenvalue weighted by molar-refractivity contribution is 5.49. The number of nitrogens with one attached hydrogen (secondary N) is 1. The number of pyridine rings is 1. The standard InChI is InChI=1S/C15H23N3O/c1-12-14(7-10-19-12)17-13-5-6-15(16-11-13)18-8-3-2-4-9-18/h5-6,11-12,14,17H,2-4,7-10H2,1H3. The second-order valence-electron chi connectivity index (χ2n) is 5.57. The Balaban J connectivity index is 1.61. The SMILES string of the molecule is CC1OCCC1Nc1ccc(N2CCCCC2)nc1. The normalized spacial score (nSPS) is 27.5. The highest BCUT2D eigenvalue weighted by Crippen LogP contribution is 2.21. The zero-order valence-corrected chi connectivity index (χ0v) is 11.6. The van der Waals surface area contributed by atoms with E-state index in [1.165, 1.54) is 19.3 Å². The molecule has 0 saturated carbocycles. The van der Waals surface area contributed by atoms with Gasteiger partial charge in [-0.1, -0.05) is 0 Å². The van der Waals surface area contributed by atoms with E-state index in [1.54, 1.807) is 0 Å². The lowest BCUT2D eigenvalue weighted by Gasteiger charge is -2.27. The quantitative estimate of drug-likeness (QED) is 0.907. The predicted octanol–water partition coefficient (Wildman–Crippen LogP) is 2.66. The Hall–Kier alpha value is -1.29. The van der Waals surface area contributed by atoms with E-state index in [-0.39, 0.29) is 0 Å². The van der Waals surface area contributed by atoms with E-state index in [0.717, 1.165) is 37.6 Å². The zero-order valence-electron chi connectivity index (χ0n) is 11.6. The first-order chi connectivity index (χ1) is 9.33. The summed E-state index contributed by atoms with van der Waals surface area (Å²) in [6.45, 7) is 5.28. The first kappa shape index (κ1) is 12.7. The average Bonchev–Trinajstić information content (AvgIpc) is 2.86. The van der Waals surface area contributed by atoms with Gasteiger partial charge in [-0.05, 0) is 44.7 Å². The van der Waals surface area contributed by atoms with Gasteiger partial charge in [0.05, 0.1) is 24.0 Å². The summed E-state index contributed by atoms with van der Waals surface area (Å²) in [5.41, 5.74) is 1.10. The molecular formula is C15H23N3O. The van der Waals surface area contributed by atoms with E-state index in [0.29, 0.717) is 12.1 Å². The van der Waals surface area contributed by atoms with Gasteiger partial charge < -0.3 is 15.0 Å². The highest BCUT2D eigenvalue weighted by Gasteiger charge is 2.23. The van der Waals surface area contributed by atoms with E-state index in [9.17, 15) is 0 Å². The highest BCUT2D eigenvalue weighted by atomic mass is 16.5. The summed E-state index contributed by atoms with van der Waals surface area (Å²) >= 11 is 0. The molecular weight excluding hydrogens is 238 g/mol. The fraction of sp³-hybridized carbons (Fsp3) is 0.667. The number of hydrogen-bond donors (Lipinski definition) is 1. The summed E-state index contributed by atoms with van der Waals surface area (Å²) in [6, 6.07) is 4.69. The molecule has 4 heteroatoms. The summed E-state index contributed by atoms with van der Waals surface area (Å²) in [7, 11) is 0. The van der Waals surface area contributed by atoms with Gasteiger partial charge in [0.2, 0.25) is 0 Å². The molecule has 2 aliphatic rings. The van der Waals surface area contributed by atoms with Crippen molar-refractivity contribution in [2.45, 2.75) is 44.8 Å². The Morgan fingerprint density at radius 1 is 1.26 bits per heavy atom. The van der Waals surface area contributed by atoms with Crippen LogP contribution in [0.3, 0.4) is 0 Å². The fourth-order valence-electron chi connectivity index (χ4n) is 2.92. The molecule has 2 aliphatic heterocycles. The van der Waals surface area contributed by atoms with E-state index >= 15 is 0 Å². The molecule has 2 saturated heterocycles. The molecule has 0 spiro atoms. The van der Waals surface area contributed by atoms with Crippen LogP contribution in [0.4, 0.5) is 11.5 Å². The second kappa shape index (κ2) is 5.78. The molecule has 1 aromatic heterocycles. The molecule has 0 radical (unpaired) electrons. The lowest BCUT2D eigenvalue weighted by Crippen LogP contribution is -2.30. The Labute approximate surface area is 115 Å². The molecule has 1 aromatic rings. The lowest BCUT2D eigenvalue weighted by molar-refractivity contribution is 0.121. The van der Waals surface area contributed by atoms with Crippen LogP contribution in [0, 0.1) is 0 Å². The van der Waals surface area contributed by atoms with Crippen molar-refractivity contribution in [3.05, 3.63) is 18.3 Å². The van der Waals surface area contributed by atoms with Crippen molar-refractivity contribution in [2.24, 2.45) is 0 Å². The third-order valence-electron chi connectivity index (χ3n) is 4.16. The third kappa shape index (κ3) is 3.00. The monoisotopic (exact) mass is 261 g/mol. The predicted molar refractivity (Wildman–Crippen MR) is 77.7 cm³/mol. The summed E-state index contributed by atoms with van der Waals surface area (Å²) in [5, 5.41) is 3.51. The van der Waals surface area contributed by atoms with Crippen LogP contribution in [0.15, 0.2) is 18.3 Å². The van der Waals surface area contributed by atoms with Gasteiger partial charge in [-0.15, -0.1) is 0 Å². The molecule has 2 fully saturated rings. The van der Waals surface area contributed by atoms with Crippen LogP contribution in [0.25, 0.3) is 0 Å². The lowest BCUT2D eigenvalue weighted by atomic mass is 10.1. The molecule has 0 bridgehead atoms. The topological polar surface area (TPSA) is 37.4 Å². The molecule has 1 N–H and O–H groups in total. The average molecular weight is 261 g/mol. The van der Waals surface area contributed by atoms with Gasteiger partial charge in [-0.25, -0.2) is 4.98 Å². The number of nitrogens with zero attached hydrogens (tertiary/aromatic N) is 2. The van der Waals surface area contributed by atoms with Gasteiger partial charge in [0.1, 0.15) is 5.82 Å². The fourth-order valence-corrected chi connectivity index (χ4v) is 2.92. The number of rotatable bonds is 3. The minimum atomic E-state index is 0.293.